The number of benzene rings is 2. The van der Waals surface area contributed by atoms with Crippen LogP contribution in [0.4, 0.5) is 0 Å². The van der Waals surface area contributed by atoms with Crippen molar-refractivity contribution < 1.29 is 0 Å². The first kappa shape index (κ1) is 13.9. The Morgan fingerprint density at radius 3 is 2.62 bits per heavy atom. The van der Waals surface area contributed by atoms with Gasteiger partial charge in [0.25, 0.3) is 0 Å². The van der Waals surface area contributed by atoms with Crippen molar-refractivity contribution in [1.82, 2.24) is 5.32 Å². The van der Waals surface area contributed by atoms with Crippen LogP contribution in [0.15, 0.2) is 42.5 Å². The van der Waals surface area contributed by atoms with Crippen LogP contribution in [0.3, 0.4) is 0 Å². The van der Waals surface area contributed by atoms with Crippen LogP contribution in [-0.2, 0) is 19.4 Å². The summed E-state index contributed by atoms with van der Waals surface area (Å²) in [5, 5.41) is 12.4. The average Bonchev–Trinajstić information content (AvgIpc) is 3.00. The van der Waals surface area contributed by atoms with E-state index in [0.29, 0.717) is 11.6 Å². The first-order valence-electron chi connectivity index (χ1n) is 7.60. The van der Waals surface area contributed by atoms with Gasteiger partial charge in [0.1, 0.15) is 0 Å². The van der Waals surface area contributed by atoms with E-state index < -0.39 is 0 Å². The molecular weight excluding hydrogens is 256 g/mol. The van der Waals surface area contributed by atoms with Crippen molar-refractivity contribution in [1.29, 1.82) is 5.26 Å². The molecule has 0 bridgehead atoms. The number of nitrogens with zero attached hydrogens (tertiary/aromatic N) is 1. The van der Waals surface area contributed by atoms with Gasteiger partial charge in [0.2, 0.25) is 0 Å². The SMILES string of the molecule is CC(NCc1ccc(C#N)cc1)c1ccc2c(c1)CCC2. The first-order valence-corrected chi connectivity index (χ1v) is 7.60. The number of nitriles is 1. The van der Waals surface area contributed by atoms with Crippen LogP contribution in [0.1, 0.15) is 47.2 Å². The Bertz CT molecular complexity index is 665. The van der Waals surface area contributed by atoms with Gasteiger partial charge >= 0.3 is 0 Å². The lowest BCUT2D eigenvalue weighted by Gasteiger charge is -2.15. The fourth-order valence-electron chi connectivity index (χ4n) is 2.95. The second-order valence-electron chi connectivity index (χ2n) is 5.79. The fourth-order valence-corrected chi connectivity index (χ4v) is 2.95. The highest BCUT2D eigenvalue weighted by Gasteiger charge is 2.13. The Hall–Kier alpha value is -2.11. The summed E-state index contributed by atoms with van der Waals surface area (Å²) >= 11 is 0. The summed E-state index contributed by atoms with van der Waals surface area (Å²) < 4.78 is 0. The van der Waals surface area contributed by atoms with Crippen LogP contribution in [-0.4, -0.2) is 0 Å². The lowest BCUT2D eigenvalue weighted by Crippen LogP contribution is -2.18. The third kappa shape index (κ3) is 3.15. The maximum absolute atomic E-state index is 8.81. The smallest absolute Gasteiger partial charge is 0.0991 e. The summed E-state index contributed by atoms with van der Waals surface area (Å²) in [6.45, 7) is 3.03. The molecule has 2 aromatic carbocycles. The van der Waals surface area contributed by atoms with Crippen LogP contribution in [0.25, 0.3) is 0 Å². The maximum atomic E-state index is 8.81. The minimum absolute atomic E-state index is 0.339. The molecule has 0 aromatic heterocycles. The highest BCUT2D eigenvalue weighted by Crippen LogP contribution is 2.25. The molecule has 0 spiro atoms. The molecule has 0 heterocycles. The summed E-state index contributed by atoms with van der Waals surface area (Å²) in [5.41, 5.74) is 6.34. The highest BCUT2D eigenvalue weighted by molar-refractivity contribution is 5.36. The summed E-state index contributed by atoms with van der Waals surface area (Å²) in [5.74, 6) is 0. The van der Waals surface area contributed by atoms with Crippen molar-refractivity contribution in [3.63, 3.8) is 0 Å². The normalized spacial score (nSPS) is 14.5. The molecule has 106 valence electrons. The number of hydrogen-bond donors (Lipinski definition) is 1. The van der Waals surface area contributed by atoms with Crippen LogP contribution in [0.2, 0.25) is 0 Å². The van der Waals surface area contributed by atoms with E-state index in [4.69, 9.17) is 5.26 Å². The molecule has 0 amide bonds. The minimum atomic E-state index is 0.339. The zero-order valence-electron chi connectivity index (χ0n) is 12.4. The largest absolute Gasteiger partial charge is 0.306 e. The second kappa shape index (κ2) is 6.11. The molecule has 2 heteroatoms. The van der Waals surface area contributed by atoms with Gasteiger partial charge in [-0.2, -0.15) is 5.26 Å². The van der Waals surface area contributed by atoms with E-state index in [1.807, 2.05) is 24.3 Å². The molecule has 1 unspecified atom stereocenters. The third-order valence-electron chi connectivity index (χ3n) is 4.32. The Morgan fingerprint density at radius 2 is 1.86 bits per heavy atom. The van der Waals surface area contributed by atoms with Crippen LogP contribution in [0.5, 0.6) is 0 Å². The maximum Gasteiger partial charge on any atom is 0.0991 e. The monoisotopic (exact) mass is 276 g/mol. The number of aryl methyl sites for hydroxylation is 2. The van der Waals surface area contributed by atoms with Gasteiger partial charge in [0.15, 0.2) is 0 Å². The van der Waals surface area contributed by atoms with Crippen molar-refractivity contribution in [3.8, 4) is 6.07 Å². The number of rotatable bonds is 4. The van der Waals surface area contributed by atoms with Crippen LogP contribution < -0.4 is 5.32 Å². The molecule has 1 atom stereocenters. The molecule has 2 nitrogen and oxygen atoms in total. The van der Waals surface area contributed by atoms with E-state index in [1.54, 1.807) is 0 Å². The first-order chi connectivity index (χ1) is 10.3. The van der Waals surface area contributed by atoms with E-state index >= 15 is 0 Å². The van der Waals surface area contributed by atoms with Gasteiger partial charge in [-0.3, -0.25) is 0 Å². The van der Waals surface area contributed by atoms with Crippen molar-refractivity contribution in [3.05, 3.63) is 70.3 Å². The molecule has 1 aliphatic carbocycles. The Balaban J connectivity index is 1.63. The molecule has 0 radical (unpaired) electrons. The molecule has 0 aliphatic heterocycles. The molecular formula is C19H20N2. The van der Waals surface area contributed by atoms with Gasteiger partial charge < -0.3 is 5.32 Å². The molecule has 3 rings (SSSR count). The van der Waals surface area contributed by atoms with E-state index in [9.17, 15) is 0 Å². The van der Waals surface area contributed by atoms with E-state index in [-0.39, 0.29) is 0 Å². The minimum Gasteiger partial charge on any atom is -0.306 e. The lowest BCUT2D eigenvalue weighted by molar-refractivity contribution is 0.574. The van der Waals surface area contributed by atoms with Gasteiger partial charge in [-0.25, -0.2) is 0 Å². The second-order valence-corrected chi connectivity index (χ2v) is 5.79. The summed E-state index contributed by atoms with van der Waals surface area (Å²) in [6.07, 6.45) is 3.76. The van der Waals surface area contributed by atoms with Gasteiger partial charge in [0.05, 0.1) is 11.6 Å². The van der Waals surface area contributed by atoms with Gasteiger partial charge in [-0.05, 0) is 60.6 Å². The van der Waals surface area contributed by atoms with Gasteiger partial charge in [-0.15, -0.1) is 0 Å². The summed E-state index contributed by atoms with van der Waals surface area (Å²) in [6, 6.07) is 17.2. The predicted octanol–water partition coefficient (Wildman–Crippen LogP) is 3.90. The molecule has 0 saturated carbocycles. The standard InChI is InChI=1S/C19H20N2/c1-14(18-10-9-17-3-2-4-19(17)11-18)21-13-16-7-5-15(12-20)6-8-16/h5-11,14,21H,2-4,13H2,1H3. The molecule has 21 heavy (non-hydrogen) atoms. The molecule has 2 aromatic rings. The number of hydrogen-bond acceptors (Lipinski definition) is 2. The van der Waals surface area contributed by atoms with Crippen molar-refractivity contribution >= 4 is 0 Å². The zero-order valence-corrected chi connectivity index (χ0v) is 12.4. The molecule has 1 N–H and O–H groups in total. The quantitative estimate of drug-likeness (QED) is 0.919. The van der Waals surface area contributed by atoms with E-state index in [1.165, 1.54) is 41.5 Å². The van der Waals surface area contributed by atoms with Crippen molar-refractivity contribution in [2.75, 3.05) is 0 Å². The average molecular weight is 276 g/mol. The lowest BCUT2D eigenvalue weighted by atomic mass is 10.0. The Kier molecular flexibility index (Phi) is 4.03. The summed E-state index contributed by atoms with van der Waals surface area (Å²) in [7, 11) is 0. The number of nitrogens with one attached hydrogen (secondary N) is 1. The van der Waals surface area contributed by atoms with Crippen molar-refractivity contribution in [2.24, 2.45) is 0 Å². The van der Waals surface area contributed by atoms with Gasteiger partial charge in [0, 0.05) is 12.6 Å². The predicted molar refractivity (Wildman–Crippen MR) is 84.9 cm³/mol. The van der Waals surface area contributed by atoms with E-state index in [2.05, 4.69) is 36.5 Å². The summed E-state index contributed by atoms with van der Waals surface area (Å²) in [4.78, 5) is 0. The van der Waals surface area contributed by atoms with Crippen LogP contribution >= 0.6 is 0 Å². The van der Waals surface area contributed by atoms with Crippen LogP contribution in [0, 0.1) is 11.3 Å². The Morgan fingerprint density at radius 1 is 1.10 bits per heavy atom. The third-order valence-corrected chi connectivity index (χ3v) is 4.32. The molecule has 0 fully saturated rings. The fraction of sp³-hybridized carbons (Fsp3) is 0.316. The zero-order chi connectivity index (χ0) is 14.7. The van der Waals surface area contributed by atoms with E-state index in [0.717, 1.165) is 6.54 Å². The van der Waals surface area contributed by atoms with Gasteiger partial charge in [-0.1, -0.05) is 30.3 Å². The molecule has 1 aliphatic rings. The Labute approximate surface area is 126 Å². The topological polar surface area (TPSA) is 35.8 Å². The molecule has 0 saturated heterocycles. The van der Waals surface area contributed by atoms with Crippen molar-refractivity contribution in [2.45, 2.75) is 38.8 Å². The highest BCUT2D eigenvalue weighted by atomic mass is 14.9. The number of fused-ring (bicyclic) bond motifs is 1.